The second kappa shape index (κ2) is 6.69. The average molecular weight is 312 g/mol. The zero-order valence-corrected chi connectivity index (χ0v) is 11.8. The van der Waals surface area contributed by atoms with E-state index >= 15 is 0 Å². The number of nitrogens with one attached hydrogen (secondary N) is 1. The lowest BCUT2D eigenvalue weighted by Crippen LogP contribution is -2.33. The van der Waals surface area contributed by atoms with Crippen molar-refractivity contribution in [1.82, 2.24) is 9.55 Å². The Kier molecular flexibility index (Phi) is 4.91. The molecular formula is C13H16N2O7. The molecule has 3 N–H and O–H groups in total. The molecule has 0 saturated carbocycles. The highest BCUT2D eigenvalue weighted by atomic mass is 16.5. The Labute approximate surface area is 124 Å². The molecule has 1 aliphatic heterocycles. The highest BCUT2D eigenvalue weighted by Crippen LogP contribution is 2.27. The Morgan fingerprint density at radius 2 is 2.32 bits per heavy atom. The smallest absolute Gasteiger partial charge is 0.330 e. The van der Waals surface area contributed by atoms with Crippen LogP contribution in [0.4, 0.5) is 0 Å². The first kappa shape index (κ1) is 16.1. The van der Waals surface area contributed by atoms with Crippen LogP contribution in [0.15, 0.2) is 21.9 Å². The Morgan fingerprint density at radius 3 is 2.91 bits per heavy atom. The van der Waals surface area contributed by atoms with Crippen LogP contribution < -0.4 is 11.2 Å². The van der Waals surface area contributed by atoms with Crippen LogP contribution >= 0.6 is 0 Å². The molecule has 1 saturated heterocycles. The van der Waals surface area contributed by atoms with Gasteiger partial charge in [0.25, 0.3) is 5.56 Å². The number of methoxy groups -OCH3 is 1. The van der Waals surface area contributed by atoms with Gasteiger partial charge in [-0.05, 0) is 6.08 Å². The van der Waals surface area contributed by atoms with Crippen molar-refractivity contribution in [2.75, 3.05) is 13.7 Å². The number of rotatable bonds is 4. The summed E-state index contributed by atoms with van der Waals surface area (Å²) in [6, 6.07) is 0. The quantitative estimate of drug-likeness (QED) is 0.449. The lowest BCUT2D eigenvalue weighted by atomic mass is 10.2. The largest absolute Gasteiger partial charge is 0.466 e. The third kappa shape index (κ3) is 3.32. The van der Waals surface area contributed by atoms with Gasteiger partial charge in [-0.25, -0.2) is 9.59 Å². The van der Waals surface area contributed by atoms with Gasteiger partial charge in [0.05, 0.1) is 25.4 Å². The number of carbonyl (C=O) groups excluding carboxylic acids is 1. The van der Waals surface area contributed by atoms with Gasteiger partial charge in [0.15, 0.2) is 0 Å². The molecule has 2 rings (SSSR count). The van der Waals surface area contributed by atoms with Crippen LogP contribution in [0.25, 0.3) is 6.08 Å². The minimum atomic E-state index is -0.914. The second-order valence-electron chi connectivity index (χ2n) is 4.72. The Hall–Kier alpha value is -2.23. The number of aliphatic hydroxyl groups is 2. The zero-order chi connectivity index (χ0) is 16.3. The highest BCUT2D eigenvalue weighted by molar-refractivity contribution is 5.86. The lowest BCUT2D eigenvalue weighted by Gasteiger charge is -2.14. The van der Waals surface area contributed by atoms with Crippen LogP contribution in [0.2, 0.25) is 0 Å². The summed E-state index contributed by atoms with van der Waals surface area (Å²) in [6.07, 6.45) is 1.03. The van der Waals surface area contributed by atoms with Gasteiger partial charge in [0, 0.05) is 18.7 Å². The predicted molar refractivity (Wildman–Crippen MR) is 74.0 cm³/mol. The number of aliphatic hydroxyl groups excluding tert-OH is 2. The summed E-state index contributed by atoms with van der Waals surface area (Å²) in [5.41, 5.74) is -1.33. The summed E-state index contributed by atoms with van der Waals surface area (Å²) in [7, 11) is 1.20. The first-order valence-corrected chi connectivity index (χ1v) is 6.52. The molecule has 0 aliphatic carbocycles. The normalized spacial score (nSPS) is 24.8. The second-order valence-corrected chi connectivity index (χ2v) is 4.72. The fourth-order valence-corrected chi connectivity index (χ4v) is 2.11. The van der Waals surface area contributed by atoms with Gasteiger partial charge in [0.1, 0.15) is 12.3 Å². The molecule has 1 unspecified atom stereocenters. The van der Waals surface area contributed by atoms with Crippen LogP contribution in [0.1, 0.15) is 18.2 Å². The van der Waals surface area contributed by atoms with Crippen molar-refractivity contribution in [1.29, 1.82) is 0 Å². The number of H-pyrrole nitrogens is 1. The van der Waals surface area contributed by atoms with Crippen LogP contribution in [0.3, 0.4) is 0 Å². The van der Waals surface area contributed by atoms with E-state index in [1.807, 2.05) is 0 Å². The topological polar surface area (TPSA) is 131 Å². The summed E-state index contributed by atoms with van der Waals surface area (Å²) >= 11 is 0. The molecule has 1 aromatic rings. The number of aromatic amines is 1. The summed E-state index contributed by atoms with van der Waals surface area (Å²) < 4.78 is 10.9. The summed E-state index contributed by atoms with van der Waals surface area (Å²) in [6.45, 7) is -0.384. The maximum Gasteiger partial charge on any atom is 0.330 e. The highest BCUT2D eigenvalue weighted by Gasteiger charge is 2.35. The van der Waals surface area contributed by atoms with Crippen molar-refractivity contribution in [2.24, 2.45) is 0 Å². The number of hydrogen-bond acceptors (Lipinski definition) is 7. The number of carbonyl (C=O) groups is 1. The van der Waals surface area contributed by atoms with E-state index in [2.05, 4.69) is 9.72 Å². The molecule has 0 bridgehead atoms. The van der Waals surface area contributed by atoms with Crippen molar-refractivity contribution < 1.29 is 24.5 Å². The van der Waals surface area contributed by atoms with Gasteiger partial charge >= 0.3 is 11.7 Å². The van der Waals surface area contributed by atoms with E-state index in [9.17, 15) is 19.5 Å². The van der Waals surface area contributed by atoms with Crippen LogP contribution in [0, 0.1) is 0 Å². The van der Waals surface area contributed by atoms with Crippen molar-refractivity contribution in [3.8, 4) is 0 Å². The van der Waals surface area contributed by atoms with Crippen LogP contribution in [-0.2, 0) is 14.3 Å². The summed E-state index contributed by atoms with van der Waals surface area (Å²) in [5, 5.41) is 18.7. The molecule has 9 nitrogen and oxygen atoms in total. The third-order valence-electron chi connectivity index (χ3n) is 3.29. The number of hydrogen-bond donors (Lipinski definition) is 3. The molecule has 3 atom stereocenters. The van der Waals surface area contributed by atoms with Gasteiger partial charge < -0.3 is 19.7 Å². The van der Waals surface area contributed by atoms with Gasteiger partial charge in [-0.3, -0.25) is 14.3 Å². The molecule has 1 fully saturated rings. The monoisotopic (exact) mass is 312 g/mol. The maximum absolute atomic E-state index is 11.8. The molecule has 9 heteroatoms. The number of aromatic nitrogens is 2. The van der Waals surface area contributed by atoms with E-state index in [-0.39, 0.29) is 18.6 Å². The summed E-state index contributed by atoms with van der Waals surface area (Å²) in [5.74, 6) is -0.648. The predicted octanol–water partition coefficient (Wildman–Crippen LogP) is -1.64. The Morgan fingerprint density at radius 1 is 1.59 bits per heavy atom. The fourth-order valence-electron chi connectivity index (χ4n) is 2.11. The number of ether oxygens (including phenoxy) is 2. The van der Waals surface area contributed by atoms with E-state index in [1.165, 1.54) is 19.4 Å². The zero-order valence-electron chi connectivity index (χ0n) is 11.8. The molecule has 0 amide bonds. The summed E-state index contributed by atoms with van der Waals surface area (Å²) in [4.78, 5) is 36.7. The Bertz CT molecular complexity index is 690. The molecule has 1 aliphatic rings. The van der Waals surface area contributed by atoms with Gasteiger partial charge in [-0.2, -0.15) is 0 Å². The standard InChI is InChI=1S/C13H16N2O7/c1-21-11(18)3-2-7-5-15(13(20)14-12(7)19)10-4-8(17)9(6-16)22-10/h2-3,5,8-10,16-17H,4,6H2,1H3,(H,14,19,20)/b3-2+/t8?,9-,10-/m1/s1. The van der Waals surface area contributed by atoms with E-state index in [4.69, 9.17) is 9.84 Å². The minimum Gasteiger partial charge on any atom is -0.466 e. The minimum absolute atomic E-state index is 0.0514. The number of esters is 1. The molecule has 22 heavy (non-hydrogen) atoms. The van der Waals surface area contributed by atoms with Crippen molar-refractivity contribution in [2.45, 2.75) is 24.9 Å². The molecule has 2 heterocycles. The van der Waals surface area contributed by atoms with Crippen molar-refractivity contribution in [3.63, 3.8) is 0 Å². The first-order valence-electron chi connectivity index (χ1n) is 6.52. The third-order valence-corrected chi connectivity index (χ3v) is 3.29. The molecular weight excluding hydrogens is 296 g/mol. The average Bonchev–Trinajstić information content (AvgIpc) is 2.86. The van der Waals surface area contributed by atoms with E-state index in [0.717, 1.165) is 10.6 Å². The van der Waals surface area contributed by atoms with Crippen LogP contribution in [0.5, 0.6) is 0 Å². The fraction of sp³-hybridized carbons (Fsp3) is 0.462. The van der Waals surface area contributed by atoms with E-state index < -0.39 is 35.7 Å². The van der Waals surface area contributed by atoms with E-state index in [0.29, 0.717) is 0 Å². The molecule has 0 radical (unpaired) electrons. The van der Waals surface area contributed by atoms with E-state index in [1.54, 1.807) is 0 Å². The number of nitrogens with zero attached hydrogens (tertiary/aromatic N) is 1. The Balaban J connectivity index is 2.33. The molecule has 0 spiro atoms. The lowest BCUT2D eigenvalue weighted by molar-refractivity contribution is -0.134. The molecule has 0 aromatic carbocycles. The maximum atomic E-state index is 11.8. The van der Waals surface area contributed by atoms with Crippen molar-refractivity contribution in [3.05, 3.63) is 38.7 Å². The van der Waals surface area contributed by atoms with Gasteiger partial charge in [0.2, 0.25) is 0 Å². The molecule has 1 aromatic heterocycles. The van der Waals surface area contributed by atoms with Gasteiger partial charge in [-0.15, -0.1) is 0 Å². The van der Waals surface area contributed by atoms with Crippen molar-refractivity contribution >= 4 is 12.0 Å². The molecule has 120 valence electrons. The first-order chi connectivity index (χ1) is 10.5. The van der Waals surface area contributed by atoms with Crippen LogP contribution in [-0.4, -0.2) is 51.7 Å². The van der Waals surface area contributed by atoms with Gasteiger partial charge in [-0.1, -0.05) is 0 Å². The SMILES string of the molecule is COC(=O)/C=C/c1cn([C@H]2CC(O)[C@@H](CO)O2)c(=O)[nH]c1=O.